The highest BCUT2D eigenvalue weighted by Crippen LogP contribution is 2.66. The van der Waals surface area contributed by atoms with Crippen LogP contribution in [0, 0.1) is 69.0 Å². The Bertz CT molecular complexity index is 1110. The van der Waals surface area contributed by atoms with Gasteiger partial charge in [-0.2, -0.15) is 0 Å². The maximum absolute atomic E-state index is 10.2. The topological polar surface area (TPSA) is 40.5 Å². The van der Waals surface area contributed by atoms with E-state index in [2.05, 4.69) is 88.3 Å². The molecule has 5 rings (SSSR count). The molecule has 278 valence electrons. The Morgan fingerprint density at radius 3 is 2.02 bits per heavy atom. The van der Waals surface area contributed by atoms with Crippen LogP contribution < -0.4 is 0 Å². The van der Waals surface area contributed by atoms with Crippen LogP contribution in [0.15, 0.2) is 23.3 Å². The summed E-state index contributed by atoms with van der Waals surface area (Å²) in [5, 5.41) is 20.3. The molecule has 2 nitrogen and oxygen atoms in total. The number of aliphatic hydroxyl groups is 2. The quantitative estimate of drug-likeness (QED) is 0.244. The van der Waals surface area contributed by atoms with E-state index >= 15 is 0 Å². The lowest BCUT2D eigenvalue weighted by Gasteiger charge is -2.55. The summed E-state index contributed by atoms with van der Waals surface area (Å²) in [6, 6.07) is 0. The van der Waals surface area contributed by atoms with Crippen molar-refractivity contribution in [3.8, 4) is 0 Å². The first kappa shape index (κ1) is 40.2. The van der Waals surface area contributed by atoms with Gasteiger partial charge in [0.1, 0.15) is 0 Å². The van der Waals surface area contributed by atoms with E-state index < -0.39 is 5.60 Å². The Morgan fingerprint density at radius 2 is 1.42 bits per heavy atom. The minimum atomic E-state index is -0.528. The number of hydrogen-bond acceptors (Lipinski definition) is 2. The first-order valence-electron chi connectivity index (χ1n) is 20.9. The Labute approximate surface area is 299 Å². The van der Waals surface area contributed by atoms with Gasteiger partial charge in [0, 0.05) is 0 Å². The fourth-order valence-corrected chi connectivity index (χ4v) is 11.7. The second-order valence-electron chi connectivity index (χ2n) is 21.3. The molecule has 4 saturated carbocycles. The summed E-state index contributed by atoms with van der Waals surface area (Å²) in [5.74, 6) is 6.86. The molecule has 0 spiro atoms. The largest absolute Gasteiger partial charge is 0.393 e. The van der Waals surface area contributed by atoms with E-state index in [0.29, 0.717) is 27.6 Å². The van der Waals surface area contributed by atoms with Gasteiger partial charge in [0.2, 0.25) is 0 Å². The normalized spacial score (nSPS) is 38.1. The van der Waals surface area contributed by atoms with Gasteiger partial charge in [-0.05, 0) is 147 Å². The van der Waals surface area contributed by atoms with Crippen molar-refractivity contribution in [3.05, 3.63) is 23.3 Å². The highest BCUT2D eigenvalue weighted by atomic mass is 16.3. The van der Waals surface area contributed by atoms with Gasteiger partial charge in [0.15, 0.2) is 0 Å². The standard InChI is InChI=1S/C27H44O2.C19H38/c1-18(7-6-14-25(2,3)29)22-10-11-23-21-9-8-19-17-20(28)12-15-26(19,4)24(21)13-16-27(22,23)5;1-14-11-12-17(16(14)3)15(2)10-9-13-19(7,8)18(4,5)6/h8-9,18,20,22-24,28-29H,6-7,10-17H2,1-5H3;14-17H,9-13H2,1-8H3/t18-,20+,22-,23?,24?,26+,27-;/m1./s1. The van der Waals surface area contributed by atoms with Crippen molar-refractivity contribution in [2.45, 2.75) is 198 Å². The molecule has 5 aliphatic carbocycles. The van der Waals surface area contributed by atoms with Crippen LogP contribution in [-0.2, 0) is 0 Å². The molecule has 5 aliphatic rings. The lowest BCUT2D eigenvalue weighted by molar-refractivity contribution is 0.0298. The summed E-state index contributed by atoms with van der Waals surface area (Å²) >= 11 is 0. The summed E-state index contributed by atoms with van der Waals surface area (Å²) in [7, 11) is 0. The van der Waals surface area contributed by atoms with E-state index in [0.717, 1.165) is 73.5 Å². The second kappa shape index (κ2) is 15.2. The number of fused-ring (bicyclic) bond motifs is 5. The van der Waals surface area contributed by atoms with Gasteiger partial charge in [-0.3, -0.25) is 0 Å². The highest BCUT2D eigenvalue weighted by Gasteiger charge is 2.57. The number of allylic oxidation sites excluding steroid dienone is 3. The van der Waals surface area contributed by atoms with E-state index in [1.54, 1.807) is 5.57 Å². The van der Waals surface area contributed by atoms with Gasteiger partial charge >= 0.3 is 0 Å². The van der Waals surface area contributed by atoms with Crippen molar-refractivity contribution >= 4 is 0 Å². The molecule has 11 atom stereocenters. The zero-order valence-corrected chi connectivity index (χ0v) is 34.4. The van der Waals surface area contributed by atoms with Gasteiger partial charge < -0.3 is 10.2 Å². The molecule has 0 bridgehead atoms. The monoisotopic (exact) mass is 667 g/mol. The maximum atomic E-state index is 10.2. The predicted octanol–water partition coefficient (Wildman–Crippen LogP) is 13.0. The predicted molar refractivity (Wildman–Crippen MR) is 208 cm³/mol. The molecule has 0 saturated heterocycles. The number of aliphatic hydroxyl groups excluding tert-OH is 1. The van der Waals surface area contributed by atoms with Gasteiger partial charge in [-0.15, -0.1) is 0 Å². The van der Waals surface area contributed by atoms with E-state index in [4.69, 9.17) is 0 Å². The molecule has 0 aromatic heterocycles. The molecule has 48 heavy (non-hydrogen) atoms. The van der Waals surface area contributed by atoms with Crippen molar-refractivity contribution in [1.82, 2.24) is 0 Å². The van der Waals surface area contributed by atoms with Gasteiger partial charge in [-0.1, -0.05) is 132 Å². The van der Waals surface area contributed by atoms with Gasteiger partial charge in [0.05, 0.1) is 11.7 Å². The Kier molecular flexibility index (Phi) is 12.7. The van der Waals surface area contributed by atoms with E-state index in [1.165, 1.54) is 69.8 Å². The first-order valence-corrected chi connectivity index (χ1v) is 20.9. The fraction of sp³-hybridized carbons (Fsp3) is 0.913. The van der Waals surface area contributed by atoms with Crippen LogP contribution in [0.3, 0.4) is 0 Å². The molecule has 0 radical (unpaired) electrons. The van der Waals surface area contributed by atoms with Crippen LogP contribution in [0.4, 0.5) is 0 Å². The summed E-state index contributed by atoms with van der Waals surface area (Å²) in [5.41, 5.74) is 4.37. The minimum Gasteiger partial charge on any atom is -0.393 e. The zero-order valence-electron chi connectivity index (χ0n) is 34.4. The SMILES string of the molecule is CC1CCC(C(C)CCCC(C)(C)C(C)(C)C)C1C.C[C@H](CCCC(C)(C)O)[C@H]1CCC2C3=CC=C4C[C@@H](O)CC[C@]4(C)C3CC[C@@]21C. The number of hydrogen-bond donors (Lipinski definition) is 2. The molecule has 0 heterocycles. The third-order valence-electron chi connectivity index (χ3n) is 16.5. The Balaban J connectivity index is 0.000000239. The highest BCUT2D eigenvalue weighted by molar-refractivity contribution is 5.38. The van der Waals surface area contributed by atoms with Crippen molar-refractivity contribution in [2.24, 2.45) is 69.0 Å². The van der Waals surface area contributed by atoms with Crippen LogP contribution in [0.2, 0.25) is 0 Å². The summed E-state index contributed by atoms with van der Waals surface area (Å²) in [6.07, 6.45) is 23.7. The van der Waals surface area contributed by atoms with E-state index in [-0.39, 0.29) is 6.10 Å². The molecule has 0 aliphatic heterocycles. The Hall–Kier alpha value is -0.600. The van der Waals surface area contributed by atoms with E-state index in [9.17, 15) is 10.2 Å². The molecule has 2 heteroatoms. The third kappa shape index (κ3) is 8.70. The van der Waals surface area contributed by atoms with Crippen molar-refractivity contribution in [3.63, 3.8) is 0 Å². The third-order valence-corrected chi connectivity index (χ3v) is 16.5. The summed E-state index contributed by atoms with van der Waals surface area (Å²) in [4.78, 5) is 0. The molecular weight excluding hydrogens is 585 g/mol. The first-order chi connectivity index (χ1) is 22.1. The van der Waals surface area contributed by atoms with Gasteiger partial charge in [-0.25, -0.2) is 0 Å². The molecule has 2 N–H and O–H groups in total. The molecular formula is C46H82O2. The Morgan fingerprint density at radius 1 is 0.771 bits per heavy atom. The van der Waals surface area contributed by atoms with Crippen LogP contribution in [0.25, 0.3) is 0 Å². The van der Waals surface area contributed by atoms with Gasteiger partial charge in [0.25, 0.3) is 0 Å². The minimum absolute atomic E-state index is 0.126. The smallest absolute Gasteiger partial charge is 0.0591 e. The fourth-order valence-electron chi connectivity index (χ4n) is 11.7. The van der Waals surface area contributed by atoms with Crippen molar-refractivity contribution < 1.29 is 10.2 Å². The lowest BCUT2D eigenvalue weighted by Crippen LogP contribution is -2.46. The average Bonchev–Trinajstić information content (AvgIpc) is 3.50. The molecule has 0 amide bonds. The van der Waals surface area contributed by atoms with Crippen molar-refractivity contribution in [1.29, 1.82) is 0 Å². The second-order valence-corrected chi connectivity index (χ2v) is 21.3. The van der Waals surface area contributed by atoms with Crippen LogP contribution >= 0.6 is 0 Å². The van der Waals surface area contributed by atoms with E-state index in [1.807, 2.05) is 13.8 Å². The number of rotatable bonds is 10. The lowest BCUT2D eigenvalue weighted by atomic mass is 9.50. The van der Waals surface area contributed by atoms with Crippen LogP contribution in [-0.4, -0.2) is 21.9 Å². The van der Waals surface area contributed by atoms with Crippen LogP contribution in [0.5, 0.6) is 0 Å². The summed E-state index contributed by atoms with van der Waals surface area (Å²) < 4.78 is 0. The molecule has 6 unspecified atom stereocenters. The zero-order chi connectivity index (χ0) is 35.9. The average molecular weight is 667 g/mol. The molecule has 0 aromatic carbocycles. The maximum Gasteiger partial charge on any atom is 0.0591 e. The van der Waals surface area contributed by atoms with Crippen LogP contribution in [0.1, 0.15) is 186 Å². The molecule has 0 aromatic rings. The van der Waals surface area contributed by atoms with Crippen molar-refractivity contribution in [2.75, 3.05) is 0 Å². The molecule has 4 fully saturated rings. The summed E-state index contributed by atoms with van der Waals surface area (Å²) in [6.45, 7) is 30.9.